The highest BCUT2D eigenvalue weighted by Gasteiger charge is 2.12. The molecule has 0 saturated carbocycles. The molecule has 0 amide bonds. The molecule has 4 heteroatoms. The molecule has 0 aliphatic carbocycles. The zero-order valence-electron chi connectivity index (χ0n) is 29.3. The Balaban J connectivity index is 0.958. The summed E-state index contributed by atoms with van der Waals surface area (Å²) in [6, 6.07) is 65.7. The Morgan fingerprint density at radius 2 is 0.741 bits per heavy atom. The molecule has 54 heavy (non-hydrogen) atoms. The Kier molecular flexibility index (Phi) is 7.77. The molecule has 7 aromatic carbocycles. The van der Waals surface area contributed by atoms with Crippen LogP contribution < -0.4 is 0 Å². The van der Waals surface area contributed by atoms with Crippen molar-refractivity contribution in [1.29, 1.82) is 0 Å². The third-order valence-electron chi connectivity index (χ3n) is 10.1. The fourth-order valence-electron chi connectivity index (χ4n) is 7.23. The molecule has 10 aromatic rings. The zero-order chi connectivity index (χ0) is 35.8. The van der Waals surface area contributed by atoms with Crippen LogP contribution in [0.15, 0.2) is 194 Å². The maximum Gasteiger partial charge on any atom is 0.160 e. The maximum absolute atomic E-state index is 5.07. The lowest BCUT2D eigenvalue weighted by molar-refractivity contribution is 1.18. The summed E-state index contributed by atoms with van der Waals surface area (Å²) in [6.07, 6.45) is 1.83. The van der Waals surface area contributed by atoms with E-state index in [-0.39, 0.29) is 0 Å². The number of benzene rings is 7. The highest BCUT2D eigenvalue weighted by Crippen LogP contribution is 2.33. The minimum atomic E-state index is 0.706. The van der Waals surface area contributed by atoms with Gasteiger partial charge in [-0.3, -0.25) is 4.98 Å². The molecule has 252 valence electrons. The van der Waals surface area contributed by atoms with Gasteiger partial charge in [-0.05, 0) is 63.4 Å². The average molecular weight is 689 g/mol. The summed E-state index contributed by atoms with van der Waals surface area (Å²) >= 11 is 0. The van der Waals surface area contributed by atoms with Crippen molar-refractivity contribution in [3.63, 3.8) is 0 Å². The Bertz CT molecular complexity index is 2960. The summed E-state index contributed by atoms with van der Waals surface area (Å²) in [6.45, 7) is 0. The summed E-state index contributed by atoms with van der Waals surface area (Å²) < 4.78 is 0. The Hall–Kier alpha value is -7.30. The van der Waals surface area contributed by atoms with E-state index in [0.717, 1.165) is 72.3 Å². The summed E-state index contributed by atoms with van der Waals surface area (Å²) in [5, 5.41) is 4.54. The largest absolute Gasteiger partial charge is 0.254 e. The number of rotatable bonds is 6. The van der Waals surface area contributed by atoms with Crippen molar-refractivity contribution >= 4 is 32.6 Å². The number of hydrogen-bond acceptors (Lipinski definition) is 4. The van der Waals surface area contributed by atoms with Gasteiger partial charge in [0.15, 0.2) is 5.82 Å². The summed E-state index contributed by atoms with van der Waals surface area (Å²) in [7, 11) is 0. The van der Waals surface area contributed by atoms with Crippen molar-refractivity contribution < 1.29 is 0 Å². The van der Waals surface area contributed by atoms with E-state index in [9.17, 15) is 0 Å². The molecule has 0 saturated heterocycles. The molecule has 0 aliphatic rings. The van der Waals surface area contributed by atoms with Crippen LogP contribution in [0.3, 0.4) is 0 Å². The molecule has 3 heterocycles. The lowest BCUT2D eigenvalue weighted by atomic mass is 9.97. The van der Waals surface area contributed by atoms with Gasteiger partial charge < -0.3 is 0 Å². The summed E-state index contributed by atoms with van der Waals surface area (Å²) in [4.78, 5) is 19.8. The fraction of sp³-hybridized carbons (Fsp3) is 0. The first kappa shape index (κ1) is 31.4. The molecule has 4 nitrogen and oxygen atoms in total. The smallest absolute Gasteiger partial charge is 0.160 e. The van der Waals surface area contributed by atoms with Gasteiger partial charge in [-0.2, -0.15) is 0 Å². The van der Waals surface area contributed by atoms with E-state index in [1.54, 1.807) is 0 Å². The highest BCUT2D eigenvalue weighted by atomic mass is 14.9. The third kappa shape index (κ3) is 5.96. The number of nitrogens with zero attached hydrogens (tertiary/aromatic N) is 4. The van der Waals surface area contributed by atoms with Gasteiger partial charge in [0, 0.05) is 39.2 Å². The van der Waals surface area contributed by atoms with Gasteiger partial charge in [0.25, 0.3) is 0 Å². The third-order valence-corrected chi connectivity index (χ3v) is 10.1. The van der Waals surface area contributed by atoms with Gasteiger partial charge in [0.05, 0.1) is 28.1 Å². The molecular formula is C50H32N4. The van der Waals surface area contributed by atoms with Crippen LogP contribution >= 0.6 is 0 Å². The van der Waals surface area contributed by atoms with Gasteiger partial charge in [0.2, 0.25) is 0 Å². The predicted octanol–water partition coefficient (Wildman–Crippen LogP) is 12.7. The topological polar surface area (TPSA) is 51.6 Å². The van der Waals surface area contributed by atoms with Crippen molar-refractivity contribution in [3.05, 3.63) is 194 Å². The first-order valence-electron chi connectivity index (χ1n) is 18.1. The summed E-state index contributed by atoms with van der Waals surface area (Å²) in [5.74, 6) is 0.706. The number of hydrogen-bond donors (Lipinski definition) is 0. The van der Waals surface area contributed by atoms with Crippen LogP contribution in [0.2, 0.25) is 0 Å². The molecule has 10 rings (SSSR count). The van der Waals surface area contributed by atoms with E-state index < -0.39 is 0 Å². The first-order chi connectivity index (χ1) is 26.7. The van der Waals surface area contributed by atoms with Crippen LogP contribution in [-0.2, 0) is 0 Å². The molecule has 0 fully saturated rings. The van der Waals surface area contributed by atoms with E-state index in [4.69, 9.17) is 15.0 Å². The SMILES string of the molecule is c1ccc(-c2ccc(-c3cc(-c4ccc(-c5ccc6cc(-c7ccc8ccc9cccnc9c8n7)ccc6c5)cc4)nc(-c4ccccc4)n3)cc2)cc1. The Morgan fingerprint density at radius 3 is 1.41 bits per heavy atom. The van der Waals surface area contributed by atoms with Crippen molar-refractivity contribution in [3.8, 4) is 67.4 Å². The molecule has 3 aromatic heterocycles. The van der Waals surface area contributed by atoms with Crippen LogP contribution in [0.1, 0.15) is 0 Å². The second-order valence-electron chi connectivity index (χ2n) is 13.5. The van der Waals surface area contributed by atoms with Gasteiger partial charge in [0.1, 0.15) is 0 Å². The standard InChI is InChI=1S/C50H32N4/c1-3-8-33(9-4-1)34-13-17-36(18-14-34)46-32-47(54-50(53-46)40-10-5-2-6-11-40)37-19-15-35(16-20-37)41-23-24-43-31-44(26-25-42(43)30-41)45-28-27-39-22-21-38-12-7-29-51-48(38)49(39)52-45/h1-32H. The van der Waals surface area contributed by atoms with Crippen molar-refractivity contribution in [2.75, 3.05) is 0 Å². The molecule has 0 spiro atoms. The van der Waals surface area contributed by atoms with Gasteiger partial charge in [-0.1, -0.05) is 158 Å². The molecule has 0 unspecified atom stereocenters. The van der Waals surface area contributed by atoms with Crippen LogP contribution in [0.5, 0.6) is 0 Å². The van der Waals surface area contributed by atoms with Gasteiger partial charge >= 0.3 is 0 Å². The second-order valence-corrected chi connectivity index (χ2v) is 13.5. The minimum Gasteiger partial charge on any atom is -0.254 e. The number of fused-ring (bicyclic) bond motifs is 4. The monoisotopic (exact) mass is 688 g/mol. The van der Waals surface area contributed by atoms with Crippen LogP contribution in [0, 0.1) is 0 Å². The quantitative estimate of drug-likeness (QED) is 0.163. The minimum absolute atomic E-state index is 0.706. The van der Waals surface area contributed by atoms with E-state index in [1.807, 2.05) is 36.5 Å². The fourth-order valence-corrected chi connectivity index (χ4v) is 7.23. The Labute approximate surface area is 313 Å². The van der Waals surface area contributed by atoms with Crippen LogP contribution in [-0.4, -0.2) is 19.9 Å². The van der Waals surface area contributed by atoms with E-state index in [0.29, 0.717) is 5.82 Å². The molecule has 0 aliphatic heterocycles. The Morgan fingerprint density at radius 1 is 0.259 bits per heavy atom. The van der Waals surface area contributed by atoms with E-state index in [2.05, 4.69) is 163 Å². The van der Waals surface area contributed by atoms with E-state index >= 15 is 0 Å². The van der Waals surface area contributed by atoms with Crippen LogP contribution in [0.25, 0.3) is 100.0 Å². The lowest BCUT2D eigenvalue weighted by Crippen LogP contribution is -1.96. The molecular weight excluding hydrogens is 657 g/mol. The van der Waals surface area contributed by atoms with Gasteiger partial charge in [-0.15, -0.1) is 0 Å². The van der Waals surface area contributed by atoms with E-state index in [1.165, 1.54) is 21.9 Å². The number of aromatic nitrogens is 4. The van der Waals surface area contributed by atoms with Gasteiger partial charge in [-0.25, -0.2) is 15.0 Å². The average Bonchev–Trinajstić information content (AvgIpc) is 3.26. The maximum atomic E-state index is 5.07. The normalized spacial score (nSPS) is 11.3. The molecule has 0 radical (unpaired) electrons. The summed E-state index contributed by atoms with van der Waals surface area (Å²) in [5.41, 5.74) is 13.4. The molecule has 0 bridgehead atoms. The lowest BCUT2D eigenvalue weighted by Gasteiger charge is -2.11. The van der Waals surface area contributed by atoms with Crippen molar-refractivity contribution in [2.24, 2.45) is 0 Å². The highest BCUT2D eigenvalue weighted by molar-refractivity contribution is 6.03. The van der Waals surface area contributed by atoms with Crippen LogP contribution in [0.4, 0.5) is 0 Å². The van der Waals surface area contributed by atoms with Crippen molar-refractivity contribution in [1.82, 2.24) is 19.9 Å². The number of pyridine rings is 2. The van der Waals surface area contributed by atoms with Crippen molar-refractivity contribution in [2.45, 2.75) is 0 Å². The molecule has 0 atom stereocenters. The molecule has 0 N–H and O–H groups in total. The predicted molar refractivity (Wildman–Crippen MR) is 223 cm³/mol. The zero-order valence-corrected chi connectivity index (χ0v) is 29.3. The first-order valence-corrected chi connectivity index (χ1v) is 18.1. The second kappa shape index (κ2) is 13.4.